The highest BCUT2D eigenvalue weighted by molar-refractivity contribution is 6.30. The van der Waals surface area contributed by atoms with Gasteiger partial charge in [0.15, 0.2) is 5.78 Å². The Morgan fingerprint density at radius 3 is 2.45 bits per heavy atom. The molecule has 0 heterocycles. The molecule has 0 N–H and O–H groups in total. The van der Waals surface area contributed by atoms with Crippen molar-refractivity contribution in [1.29, 1.82) is 0 Å². The van der Waals surface area contributed by atoms with Gasteiger partial charge in [-0.05, 0) is 36.3 Å². The van der Waals surface area contributed by atoms with E-state index in [1.54, 1.807) is 24.3 Å². The summed E-state index contributed by atoms with van der Waals surface area (Å²) in [5.41, 5.74) is 1.54. The van der Waals surface area contributed by atoms with Crippen molar-refractivity contribution in [1.82, 2.24) is 0 Å². The molecule has 3 nitrogen and oxygen atoms in total. The van der Waals surface area contributed by atoms with Crippen LogP contribution in [0.2, 0.25) is 5.02 Å². The zero-order valence-electron chi connectivity index (χ0n) is 12.1. The second-order valence-electron chi connectivity index (χ2n) is 4.73. The lowest BCUT2D eigenvalue weighted by molar-refractivity contribution is -0.141. The molecule has 0 amide bonds. The van der Waals surface area contributed by atoms with Gasteiger partial charge in [-0.15, -0.1) is 0 Å². The Morgan fingerprint density at radius 2 is 1.82 bits per heavy atom. The maximum absolute atomic E-state index is 12.1. The van der Waals surface area contributed by atoms with Gasteiger partial charge in [-0.2, -0.15) is 0 Å². The van der Waals surface area contributed by atoms with Gasteiger partial charge in [-0.3, -0.25) is 4.79 Å². The quantitative estimate of drug-likeness (QED) is 0.362. The summed E-state index contributed by atoms with van der Waals surface area (Å²) >= 11 is 5.90. The molecule has 2 aromatic carbocycles. The monoisotopic (exact) mass is 314 g/mol. The average Bonchev–Trinajstić information content (AvgIpc) is 2.51. The maximum atomic E-state index is 12.1. The minimum Gasteiger partial charge on any atom is -0.457 e. The Kier molecular flexibility index (Phi) is 5.50. The van der Waals surface area contributed by atoms with Gasteiger partial charge in [0.2, 0.25) is 0 Å². The van der Waals surface area contributed by atoms with E-state index in [0.717, 1.165) is 5.56 Å². The zero-order chi connectivity index (χ0) is 15.9. The molecule has 112 valence electrons. The summed E-state index contributed by atoms with van der Waals surface area (Å²) in [6.45, 7) is 1.46. The van der Waals surface area contributed by atoms with Crippen molar-refractivity contribution in [3.05, 3.63) is 76.3 Å². The van der Waals surface area contributed by atoms with Gasteiger partial charge in [0, 0.05) is 5.02 Å². The third-order valence-corrected chi connectivity index (χ3v) is 3.21. The van der Waals surface area contributed by atoms with E-state index in [2.05, 4.69) is 0 Å². The lowest BCUT2D eigenvalue weighted by atomic mass is 10.1. The minimum atomic E-state index is -0.642. The third-order valence-electron chi connectivity index (χ3n) is 2.97. The van der Waals surface area contributed by atoms with Crippen LogP contribution in [0.25, 0.3) is 6.08 Å². The van der Waals surface area contributed by atoms with E-state index in [9.17, 15) is 9.59 Å². The number of Topliss-reactive ketones (excluding diaryl/α,β-unsaturated/α-hetero) is 1. The number of carbonyl (C=O) groups excluding carboxylic acids is 2. The van der Waals surface area contributed by atoms with Crippen molar-refractivity contribution in [3.8, 4) is 0 Å². The van der Waals surface area contributed by atoms with Crippen LogP contribution in [-0.2, 0) is 20.9 Å². The first kappa shape index (κ1) is 16.0. The predicted molar refractivity (Wildman–Crippen MR) is 86.3 cm³/mol. The molecule has 0 spiro atoms. The Morgan fingerprint density at radius 1 is 1.09 bits per heavy atom. The summed E-state index contributed by atoms with van der Waals surface area (Å²) in [5.74, 6) is -0.991. The highest BCUT2D eigenvalue weighted by Crippen LogP contribution is 2.15. The van der Waals surface area contributed by atoms with Gasteiger partial charge in [0.05, 0.1) is 0 Å². The summed E-state index contributed by atoms with van der Waals surface area (Å²) in [6.07, 6.45) is 1.49. The number of rotatable bonds is 5. The first-order chi connectivity index (χ1) is 10.6. The molecule has 0 aliphatic heterocycles. The topological polar surface area (TPSA) is 43.4 Å². The van der Waals surface area contributed by atoms with Crippen LogP contribution >= 0.6 is 11.6 Å². The molecular formula is C18H15ClO3. The predicted octanol–water partition coefficient (Wildman–Crippen LogP) is 4.06. The highest BCUT2D eigenvalue weighted by atomic mass is 35.5. The molecule has 2 aromatic rings. The fourth-order valence-corrected chi connectivity index (χ4v) is 2.07. The summed E-state index contributed by atoms with van der Waals surface area (Å²) in [5, 5.41) is 0.536. The fourth-order valence-electron chi connectivity index (χ4n) is 1.87. The molecule has 2 rings (SSSR count). The van der Waals surface area contributed by atoms with Crippen LogP contribution in [0.5, 0.6) is 0 Å². The van der Waals surface area contributed by atoms with Crippen molar-refractivity contribution < 1.29 is 14.3 Å². The Labute approximate surface area is 134 Å². The molecule has 0 bridgehead atoms. The molecule has 0 radical (unpaired) electrons. The van der Waals surface area contributed by atoms with E-state index in [1.165, 1.54) is 13.0 Å². The highest BCUT2D eigenvalue weighted by Gasteiger charge is 2.16. The van der Waals surface area contributed by atoms with Gasteiger partial charge in [-0.1, -0.05) is 54.1 Å². The number of hydrogen-bond acceptors (Lipinski definition) is 3. The van der Waals surface area contributed by atoms with Crippen molar-refractivity contribution in [2.24, 2.45) is 0 Å². The summed E-state index contributed by atoms with van der Waals surface area (Å²) in [6, 6.07) is 16.2. The number of halogens is 1. The Balaban J connectivity index is 2.14. The number of hydrogen-bond donors (Lipinski definition) is 0. The summed E-state index contributed by atoms with van der Waals surface area (Å²) in [4.78, 5) is 23.8. The van der Waals surface area contributed by atoms with E-state index >= 15 is 0 Å². The molecular weight excluding hydrogens is 300 g/mol. The second-order valence-corrected chi connectivity index (χ2v) is 5.17. The average molecular weight is 315 g/mol. The van der Waals surface area contributed by atoms with Crippen LogP contribution in [0.15, 0.2) is 60.2 Å². The van der Waals surface area contributed by atoms with E-state index in [4.69, 9.17) is 16.3 Å². The Hall–Kier alpha value is -2.39. The van der Waals surface area contributed by atoms with E-state index in [1.807, 2.05) is 30.3 Å². The lowest BCUT2D eigenvalue weighted by Gasteiger charge is -2.06. The lowest BCUT2D eigenvalue weighted by Crippen LogP contribution is -2.13. The number of esters is 1. The second kappa shape index (κ2) is 7.57. The first-order valence-corrected chi connectivity index (χ1v) is 7.13. The van der Waals surface area contributed by atoms with Crippen LogP contribution in [0.4, 0.5) is 0 Å². The van der Waals surface area contributed by atoms with Gasteiger partial charge in [0.25, 0.3) is 0 Å². The summed E-state index contributed by atoms with van der Waals surface area (Å²) in [7, 11) is 0. The van der Waals surface area contributed by atoms with Crippen molar-refractivity contribution in [3.63, 3.8) is 0 Å². The van der Waals surface area contributed by atoms with Gasteiger partial charge in [0.1, 0.15) is 12.2 Å². The van der Waals surface area contributed by atoms with Crippen LogP contribution in [0.1, 0.15) is 18.1 Å². The van der Waals surface area contributed by atoms with Crippen molar-refractivity contribution in [2.45, 2.75) is 13.5 Å². The minimum absolute atomic E-state index is 0.00167. The molecule has 4 heteroatoms. The number of benzene rings is 2. The smallest absolute Gasteiger partial charge is 0.342 e. The van der Waals surface area contributed by atoms with E-state index in [-0.39, 0.29) is 18.0 Å². The molecule has 0 saturated heterocycles. The maximum Gasteiger partial charge on any atom is 0.342 e. The fraction of sp³-hybridized carbons (Fsp3) is 0.111. The largest absolute Gasteiger partial charge is 0.457 e. The number of carbonyl (C=O) groups is 2. The normalized spacial score (nSPS) is 11.1. The van der Waals surface area contributed by atoms with Gasteiger partial charge >= 0.3 is 5.97 Å². The molecule has 0 atom stereocenters. The molecule has 0 aromatic heterocycles. The van der Waals surface area contributed by atoms with Crippen LogP contribution in [0, 0.1) is 0 Å². The molecule has 0 unspecified atom stereocenters. The number of ether oxygens (including phenoxy) is 1. The van der Waals surface area contributed by atoms with E-state index < -0.39 is 5.97 Å². The third kappa shape index (κ3) is 4.57. The first-order valence-electron chi connectivity index (χ1n) is 6.75. The molecule has 0 aliphatic rings. The van der Waals surface area contributed by atoms with Crippen LogP contribution in [0.3, 0.4) is 0 Å². The van der Waals surface area contributed by atoms with Gasteiger partial charge in [-0.25, -0.2) is 4.79 Å². The molecule has 0 saturated carbocycles. The zero-order valence-corrected chi connectivity index (χ0v) is 12.8. The van der Waals surface area contributed by atoms with Crippen molar-refractivity contribution in [2.75, 3.05) is 0 Å². The standard InChI is InChI=1S/C18H15ClO3/c1-13(20)17(11-15-8-5-9-16(19)10-15)18(21)22-12-14-6-3-2-4-7-14/h2-11H,12H2,1H3. The summed E-state index contributed by atoms with van der Waals surface area (Å²) < 4.78 is 5.19. The molecule has 0 fully saturated rings. The SMILES string of the molecule is CC(=O)C(=Cc1cccc(Cl)c1)C(=O)OCc1ccccc1. The number of ketones is 1. The molecule has 0 aliphatic carbocycles. The van der Waals surface area contributed by atoms with E-state index in [0.29, 0.717) is 10.6 Å². The van der Waals surface area contributed by atoms with Gasteiger partial charge < -0.3 is 4.74 Å². The molecule has 22 heavy (non-hydrogen) atoms. The van der Waals surface area contributed by atoms with Crippen LogP contribution < -0.4 is 0 Å². The van der Waals surface area contributed by atoms with Crippen molar-refractivity contribution >= 4 is 29.4 Å². The van der Waals surface area contributed by atoms with Crippen LogP contribution in [-0.4, -0.2) is 11.8 Å². The Bertz CT molecular complexity index is 705.